The van der Waals surface area contributed by atoms with Crippen LogP contribution in [0.25, 0.3) is 0 Å². The summed E-state index contributed by atoms with van der Waals surface area (Å²) < 4.78 is 0. The van der Waals surface area contributed by atoms with Crippen LogP contribution in [-0.2, 0) is 0 Å². The SMILES string of the molecule is Cc1cc(C)c(N(C)CC2CCCNC2)cc1C. The average molecular weight is 246 g/mol. The summed E-state index contributed by atoms with van der Waals surface area (Å²) in [6, 6.07) is 4.64. The maximum atomic E-state index is 3.50. The predicted octanol–water partition coefficient (Wildman–Crippen LogP) is 3.05. The van der Waals surface area contributed by atoms with Crippen molar-refractivity contribution in [2.45, 2.75) is 33.6 Å². The van der Waals surface area contributed by atoms with E-state index in [0.29, 0.717) is 0 Å². The lowest BCUT2D eigenvalue weighted by Crippen LogP contribution is -2.37. The fourth-order valence-corrected chi connectivity index (χ4v) is 2.92. The summed E-state index contributed by atoms with van der Waals surface area (Å²) in [6.07, 6.45) is 2.69. The number of aryl methyl sites for hydroxylation is 3. The van der Waals surface area contributed by atoms with Gasteiger partial charge in [-0.15, -0.1) is 0 Å². The van der Waals surface area contributed by atoms with E-state index in [2.05, 4.69) is 50.2 Å². The smallest absolute Gasteiger partial charge is 0.0396 e. The van der Waals surface area contributed by atoms with Gasteiger partial charge in [0.05, 0.1) is 0 Å². The zero-order valence-corrected chi connectivity index (χ0v) is 12.2. The third-order valence-corrected chi connectivity index (χ3v) is 4.15. The maximum absolute atomic E-state index is 3.50. The van der Waals surface area contributed by atoms with E-state index < -0.39 is 0 Å². The van der Waals surface area contributed by atoms with Gasteiger partial charge in [0, 0.05) is 19.3 Å². The highest BCUT2D eigenvalue weighted by atomic mass is 15.1. The zero-order chi connectivity index (χ0) is 13.1. The molecule has 100 valence electrons. The van der Waals surface area contributed by atoms with Crippen molar-refractivity contribution in [2.24, 2.45) is 5.92 Å². The molecular formula is C16H26N2. The Morgan fingerprint density at radius 3 is 2.56 bits per heavy atom. The summed E-state index contributed by atoms with van der Waals surface area (Å²) in [6.45, 7) is 10.1. The van der Waals surface area contributed by atoms with E-state index in [4.69, 9.17) is 0 Å². The van der Waals surface area contributed by atoms with E-state index in [1.807, 2.05) is 0 Å². The van der Waals surface area contributed by atoms with Crippen LogP contribution < -0.4 is 10.2 Å². The molecule has 1 atom stereocenters. The Bertz CT molecular complexity index is 406. The quantitative estimate of drug-likeness (QED) is 0.882. The number of hydrogen-bond donors (Lipinski definition) is 1. The largest absolute Gasteiger partial charge is 0.374 e. The number of benzene rings is 1. The van der Waals surface area contributed by atoms with Gasteiger partial charge in [-0.1, -0.05) is 6.07 Å². The van der Waals surface area contributed by atoms with Gasteiger partial charge < -0.3 is 10.2 Å². The fourth-order valence-electron chi connectivity index (χ4n) is 2.92. The van der Waals surface area contributed by atoms with Crippen molar-refractivity contribution < 1.29 is 0 Å². The van der Waals surface area contributed by atoms with E-state index >= 15 is 0 Å². The van der Waals surface area contributed by atoms with E-state index in [1.54, 1.807) is 0 Å². The molecule has 1 aromatic rings. The molecule has 0 radical (unpaired) electrons. The first-order valence-electron chi connectivity index (χ1n) is 7.07. The van der Waals surface area contributed by atoms with Crippen molar-refractivity contribution in [3.05, 3.63) is 28.8 Å². The van der Waals surface area contributed by atoms with Crippen LogP contribution in [0, 0.1) is 26.7 Å². The molecule has 1 aliphatic rings. The molecule has 0 amide bonds. The molecular weight excluding hydrogens is 220 g/mol. The zero-order valence-electron chi connectivity index (χ0n) is 12.2. The minimum atomic E-state index is 0.796. The number of nitrogens with zero attached hydrogens (tertiary/aromatic N) is 1. The summed E-state index contributed by atoms with van der Waals surface area (Å²) in [7, 11) is 2.23. The highest BCUT2D eigenvalue weighted by Gasteiger charge is 2.16. The molecule has 2 nitrogen and oxygen atoms in total. The van der Waals surface area contributed by atoms with Gasteiger partial charge in [-0.05, 0) is 75.4 Å². The molecule has 1 saturated heterocycles. The lowest BCUT2D eigenvalue weighted by molar-refractivity contribution is 0.381. The van der Waals surface area contributed by atoms with E-state index in [1.165, 1.54) is 48.3 Å². The van der Waals surface area contributed by atoms with Crippen LogP contribution in [-0.4, -0.2) is 26.7 Å². The van der Waals surface area contributed by atoms with Crippen molar-refractivity contribution in [1.82, 2.24) is 5.32 Å². The van der Waals surface area contributed by atoms with Crippen LogP contribution in [0.2, 0.25) is 0 Å². The molecule has 0 spiro atoms. The third-order valence-electron chi connectivity index (χ3n) is 4.15. The number of nitrogens with one attached hydrogen (secondary N) is 1. The summed E-state index contributed by atoms with van der Waals surface area (Å²) in [4.78, 5) is 2.43. The normalized spacial score (nSPS) is 19.9. The van der Waals surface area contributed by atoms with E-state index in [-0.39, 0.29) is 0 Å². The molecule has 1 aromatic carbocycles. The van der Waals surface area contributed by atoms with E-state index in [9.17, 15) is 0 Å². The van der Waals surface area contributed by atoms with E-state index in [0.717, 1.165) is 12.5 Å². The molecule has 0 aromatic heterocycles. The van der Waals surface area contributed by atoms with Crippen LogP contribution >= 0.6 is 0 Å². The second-order valence-corrected chi connectivity index (χ2v) is 5.82. The highest BCUT2D eigenvalue weighted by Crippen LogP contribution is 2.24. The van der Waals surface area contributed by atoms with Crippen LogP contribution in [0.15, 0.2) is 12.1 Å². The molecule has 0 bridgehead atoms. The number of hydrogen-bond acceptors (Lipinski definition) is 2. The van der Waals surface area contributed by atoms with Crippen molar-refractivity contribution in [2.75, 3.05) is 31.6 Å². The van der Waals surface area contributed by atoms with Crippen LogP contribution in [0.3, 0.4) is 0 Å². The Labute approximate surface area is 111 Å². The topological polar surface area (TPSA) is 15.3 Å². The average Bonchev–Trinajstić information content (AvgIpc) is 2.35. The summed E-state index contributed by atoms with van der Waals surface area (Å²) in [5.41, 5.74) is 5.57. The minimum Gasteiger partial charge on any atom is -0.374 e. The lowest BCUT2D eigenvalue weighted by atomic mass is 9.98. The van der Waals surface area contributed by atoms with Gasteiger partial charge in [0.1, 0.15) is 0 Å². The molecule has 2 heteroatoms. The van der Waals surface area contributed by atoms with Gasteiger partial charge >= 0.3 is 0 Å². The first-order chi connectivity index (χ1) is 8.58. The van der Waals surface area contributed by atoms with Gasteiger partial charge in [-0.3, -0.25) is 0 Å². The predicted molar refractivity (Wildman–Crippen MR) is 79.5 cm³/mol. The molecule has 18 heavy (non-hydrogen) atoms. The summed E-state index contributed by atoms with van der Waals surface area (Å²) >= 11 is 0. The molecule has 1 N–H and O–H groups in total. The lowest BCUT2D eigenvalue weighted by Gasteiger charge is -2.30. The Balaban J connectivity index is 2.08. The monoisotopic (exact) mass is 246 g/mol. The Morgan fingerprint density at radius 1 is 1.17 bits per heavy atom. The molecule has 1 aliphatic heterocycles. The van der Waals surface area contributed by atoms with Crippen molar-refractivity contribution in [1.29, 1.82) is 0 Å². The fraction of sp³-hybridized carbons (Fsp3) is 0.625. The molecule has 1 unspecified atom stereocenters. The standard InChI is InChI=1S/C16H26N2/c1-12-8-14(3)16(9-13(12)2)18(4)11-15-6-5-7-17-10-15/h8-9,15,17H,5-7,10-11H2,1-4H3. The number of rotatable bonds is 3. The van der Waals surface area contributed by atoms with Crippen LogP contribution in [0.1, 0.15) is 29.5 Å². The van der Waals surface area contributed by atoms with Crippen LogP contribution in [0.4, 0.5) is 5.69 Å². The number of anilines is 1. The van der Waals surface area contributed by atoms with Crippen molar-refractivity contribution in [3.63, 3.8) is 0 Å². The Morgan fingerprint density at radius 2 is 1.89 bits per heavy atom. The van der Waals surface area contributed by atoms with Crippen molar-refractivity contribution in [3.8, 4) is 0 Å². The van der Waals surface area contributed by atoms with Gasteiger partial charge in [0.2, 0.25) is 0 Å². The Hall–Kier alpha value is -1.02. The van der Waals surface area contributed by atoms with Crippen LogP contribution in [0.5, 0.6) is 0 Å². The molecule has 0 saturated carbocycles. The molecule has 1 fully saturated rings. The van der Waals surface area contributed by atoms with Gasteiger partial charge in [-0.2, -0.15) is 0 Å². The van der Waals surface area contributed by atoms with Gasteiger partial charge in [0.15, 0.2) is 0 Å². The van der Waals surface area contributed by atoms with Crippen molar-refractivity contribution >= 4 is 5.69 Å². The Kier molecular flexibility index (Phi) is 4.28. The summed E-state index contributed by atoms with van der Waals surface area (Å²) in [5.74, 6) is 0.796. The second-order valence-electron chi connectivity index (χ2n) is 5.82. The van der Waals surface area contributed by atoms with Gasteiger partial charge in [-0.25, -0.2) is 0 Å². The first kappa shape index (κ1) is 13.4. The molecule has 0 aliphatic carbocycles. The third kappa shape index (κ3) is 3.05. The minimum absolute atomic E-state index is 0.796. The maximum Gasteiger partial charge on any atom is 0.0396 e. The number of piperidine rings is 1. The summed E-state index contributed by atoms with van der Waals surface area (Å²) in [5, 5.41) is 3.50. The first-order valence-corrected chi connectivity index (χ1v) is 7.07. The molecule has 2 rings (SSSR count). The van der Waals surface area contributed by atoms with Gasteiger partial charge in [0.25, 0.3) is 0 Å². The second kappa shape index (κ2) is 5.75. The highest BCUT2D eigenvalue weighted by molar-refractivity contribution is 5.56. The molecule has 1 heterocycles.